The number of nitrogens with zero attached hydrogens (tertiary/aromatic N) is 1. The summed E-state index contributed by atoms with van der Waals surface area (Å²) in [6.45, 7) is 3.23. The van der Waals surface area contributed by atoms with Crippen LogP contribution in [0.2, 0.25) is 0 Å². The van der Waals surface area contributed by atoms with Crippen molar-refractivity contribution in [3.63, 3.8) is 0 Å². The first-order chi connectivity index (χ1) is 8.83. The van der Waals surface area contributed by atoms with Crippen LogP contribution in [0.15, 0.2) is 35.0 Å². The van der Waals surface area contributed by atoms with E-state index < -0.39 is 0 Å². The van der Waals surface area contributed by atoms with Gasteiger partial charge in [-0.1, -0.05) is 35.0 Å². The van der Waals surface area contributed by atoms with Gasteiger partial charge in [0.1, 0.15) is 5.76 Å². The largest absolute Gasteiger partial charge is 0.361 e. The van der Waals surface area contributed by atoms with Gasteiger partial charge >= 0.3 is 0 Å². The summed E-state index contributed by atoms with van der Waals surface area (Å²) >= 11 is 0. The Bertz CT molecular complexity index is 527. The molecule has 1 aliphatic rings. The topological polar surface area (TPSA) is 38.1 Å². The fourth-order valence-corrected chi connectivity index (χ4v) is 2.61. The zero-order valence-corrected chi connectivity index (χ0v) is 10.6. The van der Waals surface area contributed by atoms with Gasteiger partial charge in [0.15, 0.2) is 0 Å². The second-order valence-corrected chi connectivity index (χ2v) is 5.03. The molecule has 3 heteroatoms. The Balaban J connectivity index is 1.86. The van der Waals surface area contributed by atoms with E-state index >= 15 is 0 Å². The van der Waals surface area contributed by atoms with Crippen LogP contribution in [-0.2, 0) is 6.42 Å². The standard InChI is InChI=1S/C15H18N2O/c1-11-4-2-5-12(8-11)14-10-17-18-15(14)9-13-6-3-7-16-13/h2,4-5,8,10,13,16H,3,6-7,9H2,1H3. The number of nitrogens with one attached hydrogen (secondary N) is 1. The van der Waals surface area contributed by atoms with E-state index in [0.29, 0.717) is 6.04 Å². The molecule has 0 amide bonds. The van der Waals surface area contributed by atoms with Crippen LogP contribution in [-0.4, -0.2) is 17.7 Å². The first kappa shape index (κ1) is 11.5. The summed E-state index contributed by atoms with van der Waals surface area (Å²) in [5.74, 6) is 1.00. The van der Waals surface area contributed by atoms with E-state index in [-0.39, 0.29) is 0 Å². The minimum Gasteiger partial charge on any atom is -0.361 e. The lowest BCUT2D eigenvalue weighted by Gasteiger charge is -2.08. The lowest BCUT2D eigenvalue weighted by atomic mass is 10.0. The molecule has 0 aliphatic carbocycles. The molecule has 1 unspecified atom stereocenters. The number of hydrogen-bond donors (Lipinski definition) is 1. The van der Waals surface area contributed by atoms with Gasteiger partial charge in [0.25, 0.3) is 0 Å². The zero-order valence-electron chi connectivity index (χ0n) is 10.6. The fourth-order valence-electron chi connectivity index (χ4n) is 2.61. The minimum atomic E-state index is 0.543. The van der Waals surface area contributed by atoms with Gasteiger partial charge in [-0.05, 0) is 31.9 Å². The number of rotatable bonds is 3. The van der Waals surface area contributed by atoms with Crippen LogP contribution < -0.4 is 5.32 Å². The average molecular weight is 242 g/mol. The van der Waals surface area contributed by atoms with Crippen LogP contribution >= 0.6 is 0 Å². The summed E-state index contributed by atoms with van der Waals surface area (Å²) in [5.41, 5.74) is 3.59. The Morgan fingerprint density at radius 1 is 1.44 bits per heavy atom. The Morgan fingerprint density at radius 2 is 2.39 bits per heavy atom. The molecule has 1 saturated heterocycles. The molecule has 2 heterocycles. The Kier molecular flexibility index (Phi) is 3.15. The van der Waals surface area contributed by atoms with Gasteiger partial charge in [-0.3, -0.25) is 0 Å². The number of aromatic nitrogens is 1. The lowest BCUT2D eigenvalue weighted by Crippen LogP contribution is -2.23. The average Bonchev–Trinajstić information content (AvgIpc) is 3.01. The number of aryl methyl sites for hydroxylation is 1. The molecule has 0 saturated carbocycles. The maximum absolute atomic E-state index is 5.43. The first-order valence-corrected chi connectivity index (χ1v) is 6.57. The number of benzene rings is 1. The van der Waals surface area contributed by atoms with Crippen LogP contribution in [0.3, 0.4) is 0 Å². The van der Waals surface area contributed by atoms with Gasteiger partial charge in [0.2, 0.25) is 0 Å². The van der Waals surface area contributed by atoms with Crippen LogP contribution in [0, 0.1) is 6.92 Å². The molecule has 3 nitrogen and oxygen atoms in total. The van der Waals surface area contributed by atoms with E-state index in [4.69, 9.17) is 4.52 Å². The highest BCUT2D eigenvalue weighted by atomic mass is 16.5. The van der Waals surface area contributed by atoms with Crippen molar-refractivity contribution in [1.29, 1.82) is 0 Å². The summed E-state index contributed by atoms with van der Waals surface area (Å²) in [6, 6.07) is 9.02. The second-order valence-electron chi connectivity index (χ2n) is 5.03. The van der Waals surface area contributed by atoms with Gasteiger partial charge in [0.05, 0.1) is 6.20 Å². The fraction of sp³-hybridized carbons (Fsp3) is 0.400. The van der Waals surface area contributed by atoms with Crippen LogP contribution in [0.25, 0.3) is 11.1 Å². The van der Waals surface area contributed by atoms with E-state index in [1.165, 1.54) is 24.0 Å². The predicted molar refractivity (Wildman–Crippen MR) is 71.4 cm³/mol. The summed E-state index contributed by atoms with van der Waals surface area (Å²) in [6.07, 6.45) is 5.26. The van der Waals surface area contributed by atoms with Crippen LogP contribution in [0.5, 0.6) is 0 Å². The molecule has 18 heavy (non-hydrogen) atoms. The van der Waals surface area contributed by atoms with E-state index in [2.05, 4.69) is 41.7 Å². The van der Waals surface area contributed by atoms with Crippen molar-refractivity contribution in [3.05, 3.63) is 41.8 Å². The van der Waals surface area contributed by atoms with Gasteiger partial charge < -0.3 is 9.84 Å². The third-order valence-corrected chi connectivity index (χ3v) is 3.57. The van der Waals surface area contributed by atoms with Gasteiger partial charge in [-0.15, -0.1) is 0 Å². The van der Waals surface area contributed by atoms with Crippen molar-refractivity contribution in [2.45, 2.75) is 32.2 Å². The molecule has 2 aromatic rings. The second kappa shape index (κ2) is 4.94. The van der Waals surface area contributed by atoms with Gasteiger partial charge in [0, 0.05) is 18.0 Å². The van der Waals surface area contributed by atoms with E-state index in [0.717, 1.165) is 24.3 Å². The lowest BCUT2D eigenvalue weighted by molar-refractivity contribution is 0.370. The smallest absolute Gasteiger partial charge is 0.146 e. The third-order valence-electron chi connectivity index (χ3n) is 3.57. The van der Waals surface area contributed by atoms with E-state index in [1.807, 2.05) is 6.20 Å². The molecule has 1 atom stereocenters. The summed E-state index contributed by atoms with van der Waals surface area (Å²) in [5, 5.41) is 7.46. The zero-order chi connectivity index (χ0) is 12.4. The molecular formula is C15H18N2O. The molecular weight excluding hydrogens is 224 g/mol. The van der Waals surface area contributed by atoms with Crippen LogP contribution in [0.1, 0.15) is 24.2 Å². The molecule has 0 spiro atoms. The number of hydrogen-bond acceptors (Lipinski definition) is 3. The molecule has 1 aliphatic heterocycles. The Hall–Kier alpha value is -1.61. The molecule has 1 aromatic carbocycles. The van der Waals surface area contributed by atoms with Gasteiger partial charge in [-0.2, -0.15) is 0 Å². The molecule has 0 bridgehead atoms. The maximum Gasteiger partial charge on any atom is 0.146 e. The predicted octanol–water partition coefficient (Wildman–Crippen LogP) is 2.94. The Labute approximate surface area is 107 Å². The van der Waals surface area contributed by atoms with Crippen molar-refractivity contribution in [2.75, 3.05) is 6.54 Å². The summed E-state index contributed by atoms with van der Waals surface area (Å²) in [4.78, 5) is 0. The van der Waals surface area contributed by atoms with E-state index in [1.54, 1.807) is 0 Å². The molecule has 3 rings (SSSR count). The monoisotopic (exact) mass is 242 g/mol. The molecule has 0 radical (unpaired) electrons. The third kappa shape index (κ3) is 2.31. The van der Waals surface area contributed by atoms with Crippen molar-refractivity contribution >= 4 is 0 Å². The molecule has 1 N–H and O–H groups in total. The van der Waals surface area contributed by atoms with Gasteiger partial charge in [-0.25, -0.2) is 0 Å². The van der Waals surface area contributed by atoms with Crippen molar-refractivity contribution in [3.8, 4) is 11.1 Å². The quantitative estimate of drug-likeness (QED) is 0.899. The summed E-state index contributed by atoms with van der Waals surface area (Å²) < 4.78 is 5.43. The van der Waals surface area contributed by atoms with Crippen molar-refractivity contribution in [1.82, 2.24) is 10.5 Å². The highest BCUT2D eigenvalue weighted by Gasteiger charge is 2.19. The highest BCUT2D eigenvalue weighted by molar-refractivity contribution is 5.65. The molecule has 94 valence electrons. The highest BCUT2D eigenvalue weighted by Crippen LogP contribution is 2.26. The van der Waals surface area contributed by atoms with E-state index in [9.17, 15) is 0 Å². The SMILES string of the molecule is Cc1cccc(-c2cnoc2CC2CCCN2)c1. The normalized spacial score (nSPS) is 19.3. The van der Waals surface area contributed by atoms with Crippen molar-refractivity contribution < 1.29 is 4.52 Å². The maximum atomic E-state index is 5.43. The van der Waals surface area contributed by atoms with Crippen molar-refractivity contribution in [2.24, 2.45) is 0 Å². The summed E-state index contributed by atoms with van der Waals surface area (Å²) in [7, 11) is 0. The minimum absolute atomic E-state index is 0.543. The Morgan fingerprint density at radius 3 is 3.17 bits per heavy atom. The molecule has 1 fully saturated rings. The van der Waals surface area contributed by atoms with Crippen LogP contribution in [0.4, 0.5) is 0 Å². The molecule has 1 aromatic heterocycles. The first-order valence-electron chi connectivity index (χ1n) is 6.57.